The first-order chi connectivity index (χ1) is 12.9. The number of hydrogen-bond donors (Lipinski definition) is 1. The quantitative estimate of drug-likeness (QED) is 0.418. The Morgan fingerprint density at radius 1 is 1.00 bits per heavy atom. The molecule has 0 bridgehead atoms. The summed E-state index contributed by atoms with van der Waals surface area (Å²) in [6, 6.07) is 9.32. The summed E-state index contributed by atoms with van der Waals surface area (Å²) in [6.45, 7) is 11.3. The first-order valence-electron chi connectivity index (χ1n) is 9.63. The number of carbonyl (C=O) groups is 2. The molecule has 1 N–H and O–H groups in total. The molecule has 0 spiro atoms. The van der Waals surface area contributed by atoms with Gasteiger partial charge in [0.2, 0.25) is 0 Å². The molecular weight excluding hydrogens is 463 g/mol. The van der Waals surface area contributed by atoms with Crippen LogP contribution in [0.25, 0.3) is 0 Å². The second-order valence-corrected chi connectivity index (χ2v) is 10.4. The predicted molar refractivity (Wildman–Crippen MR) is 121 cm³/mol. The molecule has 0 atom stereocenters. The van der Waals surface area contributed by atoms with Crippen molar-refractivity contribution in [3.05, 3.63) is 67.3 Å². The summed E-state index contributed by atoms with van der Waals surface area (Å²) in [5.41, 5.74) is 6.01. The van der Waals surface area contributed by atoms with Crippen LogP contribution in [-0.2, 0) is 17.3 Å². The van der Waals surface area contributed by atoms with Crippen LogP contribution >= 0.6 is 22.6 Å². The lowest BCUT2D eigenvalue weighted by molar-refractivity contribution is 0.0695. The largest absolute Gasteiger partial charge is 0.478 e. The van der Waals surface area contributed by atoms with E-state index in [0.29, 0.717) is 15.6 Å². The van der Waals surface area contributed by atoms with Gasteiger partial charge in [-0.3, -0.25) is 4.79 Å². The maximum absolute atomic E-state index is 12.9. The number of hydrogen-bond acceptors (Lipinski definition) is 2. The molecule has 1 aliphatic rings. The second kappa shape index (κ2) is 7.29. The molecule has 0 fully saturated rings. The number of carboxylic acids is 1. The van der Waals surface area contributed by atoms with E-state index < -0.39 is 5.97 Å². The summed E-state index contributed by atoms with van der Waals surface area (Å²) in [5.74, 6) is -0.954. The fraction of sp³-hybridized carbons (Fsp3) is 0.417. The van der Waals surface area contributed by atoms with Crippen LogP contribution in [-0.4, -0.2) is 16.9 Å². The van der Waals surface area contributed by atoms with Crippen LogP contribution in [0.4, 0.5) is 0 Å². The molecule has 0 aromatic heterocycles. The molecule has 0 aliphatic heterocycles. The third-order valence-electron chi connectivity index (χ3n) is 6.18. The second-order valence-electron chi connectivity index (χ2n) is 9.19. The minimum absolute atomic E-state index is 0.0192. The van der Waals surface area contributed by atoms with E-state index in [1.54, 1.807) is 12.1 Å². The van der Waals surface area contributed by atoms with Crippen molar-refractivity contribution in [2.45, 2.75) is 64.7 Å². The first kappa shape index (κ1) is 21.0. The van der Waals surface area contributed by atoms with Gasteiger partial charge in [-0.25, -0.2) is 4.79 Å². The summed E-state index contributed by atoms with van der Waals surface area (Å²) >= 11 is 1.98. The van der Waals surface area contributed by atoms with Crippen molar-refractivity contribution < 1.29 is 14.7 Å². The zero-order valence-corrected chi connectivity index (χ0v) is 19.3. The van der Waals surface area contributed by atoms with E-state index in [2.05, 4.69) is 46.8 Å². The topological polar surface area (TPSA) is 54.4 Å². The molecule has 0 radical (unpaired) electrons. The monoisotopic (exact) mass is 490 g/mol. The summed E-state index contributed by atoms with van der Waals surface area (Å²) in [4.78, 5) is 24.1. The number of benzene rings is 2. The van der Waals surface area contributed by atoms with Crippen molar-refractivity contribution in [1.29, 1.82) is 0 Å². The van der Waals surface area contributed by atoms with Crippen LogP contribution in [0, 0.1) is 10.5 Å². The number of fused-ring (bicyclic) bond motifs is 1. The molecule has 0 saturated heterocycles. The van der Waals surface area contributed by atoms with Gasteiger partial charge in [-0.1, -0.05) is 45.9 Å². The molecular formula is C24H27IO3. The maximum atomic E-state index is 12.9. The number of carboxylic acid groups (broad SMARTS) is 1. The molecule has 3 rings (SSSR count). The molecule has 2 aromatic carbocycles. The van der Waals surface area contributed by atoms with Crippen LogP contribution in [0.5, 0.6) is 0 Å². The number of aryl methyl sites for hydroxylation is 1. The Bertz CT molecular complexity index is 970. The third kappa shape index (κ3) is 3.88. The van der Waals surface area contributed by atoms with Gasteiger partial charge >= 0.3 is 5.97 Å². The molecule has 4 heteroatoms. The Hall–Kier alpha value is -1.69. The average Bonchev–Trinajstić information content (AvgIpc) is 2.60. The van der Waals surface area contributed by atoms with Gasteiger partial charge in [0.05, 0.1) is 5.56 Å². The molecule has 2 aromatic rings. The van der Waals surface area contributed by atoms with E-state index in [9.17, 15) is 14.7 Å². The molecule has 0 saturated carbocycles. The molecule has 1 aliphatic carbocycles. The number of carbonyl (C=O) groups excluding carboxylic acids is 1. The van der Waals surface area contributed by atoms with Crippen molar-refractivity contribution in [3.63, 3.8) is 0 Å². The third-order valence-corrected chi connectivity index (χ3v) is 7.07. The van der Waals surface area contributed by atoms with Gasteiger partial charge in [0.1, 0.15) is 0 Å². The van der Waals surface area contributed by atoms with Crippen LogP contribution < -0.4 is 0 Å². The summed E-state index contributed by atoms with van der Waals surface area (Å²) in [6.07, 6.45) is 2.63. The van der Waals surface area contributed by atoms with Gasteiger partial charge in [-0.15, -0.1) is 0 Å². The van der Waals surface area contributed by atoms with Gasteiger partial charge in [-0.05, 0) is 87.6 Å². The van der Waals surface area contributed by atoms with Gasteiger partial charge in [0.25, 0.3) is 0 Å². The molecule has 0 unspecified atom stereocenters. The minimum Gasteiger partial charge on any atom is -0.478 e. The highest BCUT2D eigenvalue weighted by atomic mass is 127. The summed E-state index contributed by atoms with van der Waals surface area (Å²) in [7, 11) is 0. The number of rotatable bonds is 4. The van der Waals surface area contributed by atoms with E-state index in [1.807, 2.05) is 22.6 Å². The van der Waals surface area contributed by atoms with Crippen LogP contribution in [0.1, 0.15) is 83.5 Å². The molecule has 148 valence electrons. The smallest absolute Gasteiger partial charge is 0.336 e. The van der Waals surface area contributed by atoms with Gasteiger partial charge in [-0.2, -0.15) is 0 Å². The van der Waals surface area contributed by atoms with E-state index in [0.717, 1.165) is 17.5 Å². The van der Waals surface area contributed by atoms with Crippen LogP contribution in [0.3, 0.4) is 0 Å². The van der Waals surface area contributed by atoms with Crippen LogP contribution in [0.15, 0.2) is 30.3 Å². The van der Waals surface area contributed by atoms with Crippen molar-refractivity contribution in [3.8, 4) is 0 Å². The first-order valence-corrected chi connectivity index (χ1v) is 10.7. The zero-order valence-electron chi connectivity index (χ0n) is 17.1. The zero-order chi connectivity index (χ0) is 20.9. The van der Waals surface area contributed by atoms with Gasteiger partial charge in [0, 0.05) is 15.6 Å². The Balaban J connectivity index is 1.96. The highest BCUT2D eigenvalue weighted by molar-refractivity contribution is 14.1. The van der Waals surface area contributed by atoms with Gasteiger partial charge in [0.15, 0.2) is 5.78 Å². The average molecular weight is 490 g/mol. The van der Waals surface area contributed by atoms with E-state index in [4.69, 9.17) is 0 Å². The predicted octanol–water partition coefficient (Wildman–Crippen LogP) is 6.07. The standard InChI is InChI=1S/C24H27IO3/c1-14-10-18-19(24(4,5)9-8-23(18,2)3)11-16(14)13-21(26)15-6-7-17(22(27)28)20(25)12-15/h6-7,10-12H,8-9,13H2,1-5H3,(H,27,28). The number of Topliss-reactive ketones (excluding diaryl/α,β-unsaturated/α-hetero) is 1. The Labute approximate surface area is 180 Å². The van der Waals surface area contributed by atoms with Crippen molar-refractivity contribution in [1.82, 2.24) is 0 Å². The molecule has 28 heavy (non-hydrogen) atoms. The lowest BCUT2D eigenvalue weighted by Crippen LogP contribution is -2.34. The van der Waals surface area contributed by atoms with Gasteiger partial charge < -0.3 is 5.11 Å². The Kier molecular flexibility index (Phi) is 5.47. The van der Waals surface area contributed by atoms with E-state index >= 15 is 0 Å². The molecule has 0 amide bonds. The van der Waals surface area contributed by atoms with Crippen molar-refractivity contribution >= 4 is 34.3 Å². The molecule has 0 heterocycles. The molecule has 3 nitrogen and oxygen atoms in total. The SMILES string of the molecule is Cc1cc2c(cc1CC(=O)c1ccc(C(=O)O)c(I)c1)C(C)(C)CCC2(C)C. The Morgan fingerprint density at radius 2 is 1.57 bits per heavy atom. The van der Waals surface area contributed by atoms with Crippen molar-refractivity contribution in [2.75, 3.05) is 0 Å². The maximum Gasteiger partial charge on any atom is 0.336 e. The number of aromatic carboxylic acids is 1. The Morgan fingerprint density at radius 3 is 2.11 bits per heavy atom. The van der Waals surface area contributed by atoms with Crippen molar-refractivity contribution in [2.24, 2.45) is 0 Å². The summed E-state index contributed by atoms with van der Waals surface area (Å²) in [5, 5.41) is 9.18. The summed E-state index contributed by atoms with van der Waals surface area (Å²) < 4.78 is 0.584. The lowest BCUT2D eigenvalue weighted by atomic mass is 9.62. The lowest BCUT2D eigenvalue weighted by Gasteiger charge is -2.42. The fourth-order valence-electron chi connectivity index (χ4n) is 4.09. The highest BCUT2D eigenvalue weighted by Gasteiger charge is 2.37. The van der Waals surface area contributed by atoms with Crippen LogP contribution in [0.2, 0.25) is 0 Å². The van der Waals surface area contributed by atoms with E-state index in [1.165, 1.54) is 23.6 Å². The highest BCUT2D eigenvalue weighted by Crippen LogP contribution is 2.46. The van der Waals surface area contributed by atoms with E-state index in [-0.39, 0.29) is 22.2 Å². The number of halogens is 1. The fourth-order valence-corrected chi connectivity index (χ4v) is 4.84. The minimum atomic E-state index is -0.973. The normalized spacial score (nSPS) is 17.1. The number of ketones is 1.